The summed E-state index contributed by atoms with van der Waals surface area (Å²) >= 11 is 0. The number of benzene rings is 1. The second kappa shape index (κ2) is 7.42. The molecule has 0 amide bonds. The lowest BCUT2D eigenvalue weighted by Gasteiger charge is -2.23. The molecule has 0 radical (unpaired) electrons. The van der Waals surface area contributed by atoms with Gasteiger partial charge in [0.25, 0.3) is 0 Å². The average molecular weight is 249 g/mol. The number of hydrogen-bond acceptors (Lipinski definition) is 2. The fraction of sp³-hybridized carbons (Fsp3) is 0.625. The Balaban J connectivity index is 2.75. The van der Waals surface area contributed by atoms with Crippen LogP contribution in [0, 0.1) is 12.8 Å². The molecule has 102 valence electrons. The molecule has 2 nitrogen and oxygen atoms in total. The Kier molecular flexibility index (Phi) is 6.20. The monoisotopic (exact) mass is 249 g/mol. The van der Waals surface area contributed by atoms with Crippen molar-refractivity contribution in [1.82, 2.24) is 5.32 Å². The van der Waals surface area contributed by atoms with E-state index in [-0.39, 0.29) is 0 Å². The van der Waals surface area contributed by atoms with Crippen molar-refractivity contribution >= 4 is 0 Å². The highest BCUT2D eigenvalue weighted by atomic mass is 16.5. The summed E-state index contributed by atoms with van der Waals surface area (Å²) in [5, 5.41) is 3.50. The highest BCUT2D eigenvalue weighted by molar-refractivity contribution is 5.39. The van der Waals surface area contributed by atoms with Gasteiger partial charge in [-0.1, -0.05) is 38.5 Å². The first-order valence-corrected chi connectivity index (χ1v) is 6.95. The summed E-state index contributed by atoms with van der Waals surface area (Å²) in [6, 6.07) is 6.43. The van der Waals surface area contributed by atoms with Gasteiger partial charge >= 0.3 is 0 Å². The van der Waals surface area contributed by atoms with E-state index in [0.29, 0.717) is 11.8 Å². The fourth-order valence-electron chi connectivity index (χ4n) is 2.20. The number of nitrogens with one attached hydrogen (secondary N) is 1. The molecule has 0 aliphatic rings. The van der Waals surface area contributed by atoms with Crippen molar-refractivity contribution in [3.05, 3.63) is 29.3 Å². The SMILES string of the molecule is CCCNCC(C)C(C)c1cc(C)ccc1OC. The zero-order chi connectivity index (χ0) is 13.5. The second-order valence-electron chi connectivity index (χ2n) is 5.22. The van der Waals surface area contributed by atoms with Crippen LogP contribution in [0.2, 0.25) is 0 Å². The molecule has 18 heavy (non-hydrogen) atoms. The van der Waals surface area contributed by atoms with E-state index >= 15 is 0 Å². The third-order valence-electron chi connectivity index (χ3n) is 3.62. The largest absolute Gasteiger partial charge is 0.496 e. The lowest BCUT2D eigenvalue weighted by Crippen LogP contribution is -2.25. The quantitative estimate of drug-likeness (QED) is 0.743. The normalized spacial score (nSPS) is 14.3. The van der Waals surface area contributed by atoms with Gasteiger partial charge in [-0.2, -0.15) is 0 Å². The van der Waals surface area contributed by atoms with Crippen LogP contribution < -0.4 is 10.1 Å². The Morgan fingerprint density at radius 2 is 2.00 bits per heavy atom. The molecule has 1 N–H and O–H groups in total. The molecule has 0 fully saturated rings. The van der Waals surface area contributed by atoms with Gasteiger partial charge in [-0.25, -0.2) is 0 Å². The van der Waals surface area contributed by atoms with E-state index in [4.69, 9.17) is 4.74 Å². The van der Waals surface area contributed by atoms with Crippen LogP contribution in [0.4, 0.5) is 0 Å². The molecule has 1 aromatic rings. The molecule has 0 aliphatic heterocycles. The summed E-state index contributed by atoms with van der Waals surface area (Å²) in [5.74, 6) is 2.12. The Bertz CT molecular complexity index is 362. The molecule has 0 aliphatic carbocycles. The second-order valence-corrected chi connectivity index (χ2v) is 5.22. The molecule has 0 bridgehead atoms. The average Bonchev–Trinajstić information content (AvgIpc) is 2.38. The zero-order valence-corrected chi connectivity index (χ0v) is 12.4. The first-order chi connectivity index (χ1) is 8.60. The van der Waals surface area contributed by atoms with Crippen LogP contribution in [-0.4, -0.2) is 20.2 Å². The van der Waals surface area contributed by atoms with Gasteiger partial charge in [-0.3, -0.25) is 0 Å². The summed E-state index contributed by atoms with van der Waals surface area (Å²) in [6.45, 7) is 11.1. The standard InChI is InChI=1S/C16H27NO/c1-6-9-17-11-13(3)14(4)15-10-12(2)7-8-16(15)18-5/h7-8,10,13-14,17H,6,9,11H2,1-5H3. The molecular weight excluding hydrogens is 222 g/mol. The van der Waals surface area contributed by atoms with Gasteiger partial charge in [-0.15, -0.1) is 0 Å². The third kappa shape index (κ3) is 4.02. The van der Waals surface area contributed by atoms with Crippen LogP contribution in [0.25, 0.3) is 0 Å². The van der Waals surface area contributed by atoms with Gasteiger partial charge in [0.05, 0.1) is 7.11 Å². The highest BCUT2D eigenvalue weighted by Gasteiger charge is 2.17. The minimum atomic E-state index is 0.504. The van der Waals surface area contributed by atoms with Crippen molar-refractivity contribution in [2.24, 2.45) is 5.92 Å². The Morgan fingerprint density at radius 1 is 1.28 bits per heavy atom. The lowest BCUT2D eigenvalue weighted by atomic mass is 9.87. The van der Waals surface area contributed by atoms with E-state index in [1.807, 2.05) is 0 Å². The van der Waals surface area contributed by atoms with Gasteiger partial charge < -0.3 is 10.1 Å². The minimum Gasteiger partial charge on any atom is -0.496 e. The molecule has 1 aromatic carbocycles. The first kappa shape index (κ1) is 15.0. The van der Waals surface area contributed by atoms with Crippen LogP contribution >= 0.6 is 0 Å². The molecule has 0 spiro atoms. The molecule has 2 unspecified atom stereocenters. The smallest absolute Gasteiger partial charge is 0.122 e. The van der Waals surface area contributed by atoms with Crippen molar-refractivity contribution in [3.8, 4) is 5.75 Å². The molecule has 0 aromatic heterocycles. The van der Waals surface area contributed by atoms with Gasteiger partial charge in [0.15, 0.2) is 0 Å². The zero-order valence-electron chi connectivity index (χ0n) is 12.4. The molecular formula is C16H27NO. The Labute approximate surface area is 112 Å². The van der Waals surface area contributed by atoms with Gasteiger partial charge in [-0.05, 0) is 49.9 Å². The topological polar surface area (TPSA) is 21.3 Å². The lowest BCUT2D eigenvalue weighted by molar-refractivity contribution is 0.389. The summed E-state index contributed by atoms with van der Waals surface area (Å²) in [5.41, 5.74) is 2.62. The number of ether oxygens (including phenoxy) is 1. The van der Waals surface area contributed by atoms with E-state index in [0.717, 1.165) is 18.8 Å². The van der Waals surface area contributed by atoms with Crippen LogP contribution in [0.3, 0.4) is 0 Å². The van der Waals surface area contributed by atoms with Crippen molar-refractivity contribution in [2.45, 2.75) is 40.0 Å². The van der Waals surface area contributed by atoms with Crippen LogP contribution in [0.15, 0.2) is 18.2 Å². The number of aryl methyl sites for hydroxylation is 1. The van der Waals surface area contributed by atoms with E-state index in [9.17, 15) is 0 Å². The van der Waals surface area contributed by atoms with Crippen LogP contribution in [0.5, 0.6) is 5.75 Å². The summed E-state index contributed by atoms with van der Waals surface area (Å²) in [6.07, 6.45) is 1.19. The minimum absolute atomic E-state index is 0.504. The molecule has 1 rings (SSSR count). The Hall–Kier alpha value is -1.02. The molecule has 0 heterocycles. The van der Waals surface area contributed by atoms with Crippen molar-refractivity contribution in [3.63, 3.8) is 0 Å². The van der Waals surface area contributed by atoms with E-state index in [1.165, 1.54) is 17.5 Å². The summed E-state index contributed by atoms with van der Waals surface area (Å²) in [4.78, 5) is 0. The number of rotatable bonds is 7. The van der Waals surface area contributed by atoms with E-state index < -0.39 is 0 Å². The predicted molar refractivity (Wildman–Crippen MR) is 78.5 cm³/mol. The fourth-order valence-corrected chi connectivity index (χ4v) is 2.20. The van der Waals surface area contributed by atoms with Gasteiger partial charge in [0, 0.05) is 0 Å². The maximum atomic E-state index is 5.48. The highest BCUT2D eigenvalue weighted by Crippen LogP contribution is 2.32. The molecule has 2 heteroatoms. The number of methoxy groups -OCH3 is 1. The van der Waals surface area contributed by atoms with Crippen molar-refractivity contribution in [1.29, 1.82) is 0 Å². The van der Waals surface area contributed by atoms with Crippen LogP contribution in [-0.2, 0) is 0 Å². The summed E-state index contributed by atoms with van der Waals surface area (Å²) in [7, 11) is 1.75. The predicted octanol–water partition coefficient (Wildman–Crippen LogP) is 3.74. The maximum absolute atomic E-state index is 5.48. The Morgan fingerprint density at radius 3 is 2.61 bits per heavy atom. The number of hydrogen-bond donors (Lipinski definition) is 1. The van der Waals surface area contributed by atoms with Gasteiger partial charge in [0.1, 0.15) is 5.75 Å². The van der Waals surface area contributed by atoms with E-state index in [2.05, 4.69) is 51.2 Å². The molecule has 2 atom stereocenters. The van der Waals surface area contributed by atoms with E-state index in [1.54, 1.807) is 7.11 Å². The molecule has 0 saturated heterocycles. The first-order valence-electron chi connectivity index (χ1n) is 6.95. The molecule has 0 saturated carbocycles. The van der Waals surface area contributed by atoms with Gasteiger partial charge in [0.2, 0.25) is 0 Å². The third-order valence-corrected chi connectivity index (χ3v) is 3.62. The van der Waals surface area contributed by atoms with Crippen molar-refractivity contribution in [2.75, 3.05) is 20.2 Å². The van der Waals surface area contributed by atoms with Crippen LogP contribution in [0.1, 0.15) is 44.2 Å². The van der Waals surface area contributed by atoms with Crippen molar-refractivity contribution < 1.29 is 4.74 Å². The maximum Gasteiger partial charge on any atom is 0.122 e. The summed E-state index contributed by atoms with van der Waals surface area (Å²) < 4.78 is 5.48.